The number of rotatable bonds is 5. The van der Waals surface area contributed by atoms with Crippen molar-refractivity contribution in [1.29, 1.82) is 0 Å². The number of hydrogen-bond donors (Lipinski definition) is 1. The van der Waals surface area contributed by atoms with Gasteiger partial charge >= 0.3 is 5.97 Å². The number of likely N-dealkylation sites (tertiary alicyclic amines) is 1. The average Bonchev–Trinajstić information content (AvgIpc) is 2.93. The first-order valence-corrected chi connectivity index (χ1v) is 8.18. The molecular weight excluding hydrogens is 272 g/mol. The minimum absolute atomic E-state index is 0.131. The second kappa shape index (κ2) is 5.82. The molecule has 2 unspecified atom stereocenters. The molecule has 20 heavy (non-hydrogen) atoms. The molecule has 1 aliphatic rings. The van der Waals surface area contributed by atoms with Gasteiger partial charge in [0.2, 0.25) is 0 Å². The second-order valence-electron chi connectivity index (χ2n) is 5.74. The minimum atomic E-state index is -0.682. The summed E-state index contributed by atoms with van der Waals surface area (Å²) >= 11 is 1.69. The maximum atomic E-state index is 11.9. The first-order valence-electron chi connectivity index (χ1n) is 7.36. The molecule has 0 saturated carbocycles. The molecule has 2 heterocycles. The van der Waals surface area contributed by atoms with E-state index in [1.54, 1.807) is 11.3 Å². The van der Waals surface area contributed by atoms with Crippen molar-refractivity contribution in [3.8, 4) is 0 Å². The van der Waals surface area contributed by atoms with Gasteiger partial charge in [0.05, 0.1) is 10.7 Å². The van der Waals surface area contributed by atoms with Crippen LogP contribution in [0.4, 0.5) is 0 Å². The van der Waals surface area contributed by atoms with Crippen molar-refractivity contribution in [2.24, 2.45) is 0 Å². The Hall–Kier alpha value is -0.940. The summed E-state index contributed by atoms with van der Waals surface area (Å²) in [7, 11) is 0. The van der Waals surface area contributed by atoms with Gasteiger partial charge in [-0.3, -0.25) is 9.69 Å². The van der Waals surface area contributed by atoms with E-state index in [0.717, 1.165) is 42.9 Å². The van der Waals surface area contributed by atoms with Gasteiger partial charge in [0.1, 0.15) is 5.54 Å². The van der Waals surface area contributed by atoms with Gasteiger partial charge in [-0.25, -0.2) is 4.98 Å². The molecule has 1 aliphatic heterocycles. The van der Waals surface area contributed by atoms with Crippen LogP contribution in [0.15, 0.2) is 0 Å². The summed E-state index contributed by atoms with van der Waals surface area (Å²) in [5.41, 5.74) is 0.362. The molecule has 1 saturated heterocycles. The van der Waals surface area contributed by atoms with Crippen molar-refractivity contribution >= 4 is 17.3 Å². The second-order valence-corrected chi connectivity index (χ2v) is 6.98. The lowest BCUT2D eigenvalue weighted by molar-refractivity contribution is -0.151. The Morgan fingerprint density at radius 3 is 2.75 bits per heavy atom. The fraction of sp³-hybridized carbons (Fsp3) is 0.733. The van der Waals surface area contributed by atoms with E-state index in [1.807, 2.05) is 13.8 Å². The Morgan fingerprint density at radius 2 is 2.25 bits per heavy atom. The normalized spacial score (nSPS) is 25.0. The van der Waals surface area contributed by atoms with Gasteiger partial charge in [-0.2, -0.15) is 0 Å². The first-order chi connectivity index (χ1) is 9.42. The van der Waals surface area contributed by atoms with Crippen LogP contribution in [0, 0.1) is 13.8 Å². The summed E-state index contributed by atoms with van der Waals surface area (Å²) in [6.45, 7) is 9.08. The Morgan fingerprint density at radius 1 is 1.55 bits per heavy atom. The summed E-state index contributed by atoms with van der Waals surface area (Å²) in [4.78, 5) is 19.8. The molecule has 2 atom stereocenters. The van der Waals surface area contributed by atoms with Crippen LogP contribution < -0.4 is 0 Å². The molecule has 1 N–H and O–H groups in total. The van der Waals surface area contributed by atoms with Gasteiger partial charge in [-0.1, -0.05) is 13.3 Å². The summed E-state index contributed by atoms with van der Waals surface area (Å²) in [6.07, 6.45) is 3.35. The van der Waals surface area contributed by atoms with Crippen LogP contribution in [-0.4, -0.2) is 33.0 Å². The van der Waals surface area contributed by atoms with E-state index >= 15 is 0 Å². The number of hydrogen-bond acceptors (Lipinski definition) is 4. The lowest BCUT2D eigenvalue weighted by Gasteiger charge is -2.38. The predicted molar refractivity (Wildman–Crippen MR) is 81.2 cm³/mol. The number of carboxylic acids is 1. The zero-order chi connectivity index (χ0) is 14.9. The minimum Gasteiger partial charge on any atom is -0.480 e. The van der Waals surface area contributed by atoms with Gasteiger partial charge < -0.3 is 5.11 Å². The Balaban J connectivity index is 2.34. The van der Waals surface area contributed by atoms with Gasteiger partial charge in [-0.15, -0.1) is 11.3 Å². The topological polar surface area (TPSA) is 53.4 Å². The number of nitrogens with zero attached hydrogens (tertiary/aromatic N) is 2. The molecule has 112 valence electrons. The van der Waals surface area contributed by atoms with Crippen molar-refractivity contribution in [3.63, 3.8) is 0 Å². The molecule has 4 nitrogen and oxygen atoms in total. The third kappa shape index (κ3) is 2.49. The highest BCUT2D eigenvalue weighted by Crippen LogP contribution is 2.42. The first kappa shape index (κ1) is 15.4. The van der Waals surface area contributed by atoms with Crippen molar-refractivity contribution in [1.82, 2.24) is 9.88 Å². The molecule has 2 rings (SSSR count). The van der Waals surface area contributed by atoms with Gasteiger partial charge in [0.25, 0.3) is 0 Å². The summed E-state index contributed by atoms with van der Waals surface area (Å²) in [5, 5.41) is 10.8. The molecule has 0 spiro atoms. The SMILES string of the molecule is CCCC1(C(=O)O)CCCN1C(C)c1sc(C)nc1C. The van der Waals surface area contributed by atoms with Crippen LogP contribution in [0.1, 0.15) is 61.2 Å². The number of carbonyl (C=O) groups is 1. The number of thiazole rings is 1. The van der Waals surface area contributed by atoms with Gasteiger partial charge in [-0.05, 0) is 46.6 Å². The van der Waals surface area contributed by atoms with E-state index in [9.17, 15) is 9.90 Å². The molecule has 0 radical (unpaired) electrons. The third-order valence-corrected chi connectivity index (χ3v) is 5.63. The molecular formula is C15H24N2O2S. The zero-order valence-corrected chi connectivity index (χ0v) is 13.6. The van der Waals surface area contributed by atoms with E-state index in [2.05, 4.69) is 23.7 Å². The molecule has 5 heteroatoms. The van der Waals surface area contributed by atoms with E-state index in [1.165, 1.54) is 4.88 Å². The maximum Gasteiger partial charge on any atom is 0.324 e. The van der Waals surface area contributed by atoms with Crippen molar-refractivity contribution < 1.29 is 9.90 Å². The fourth-order valence-corrected chi connectivity index (χ4v) is 4.55. The number of aromatic nitrogens is 1. The van der Waals surface area contributed by atoms with E-state index in [0.29, 0.717) is 0 Å². The number of aliphatic carboxylic acids is 1. The Bertz CT molecular complexity index is 500. The van der Waals surface area contributed by atoms with E-state index in [4.69, 9.17) is 0 Å². The van der Waals surface area contributed by atoms with Crippen LogP contribution in [0.25, 0.3) is 0 Å². The highest BCUT2D eigenvalue weighted by Gasteiger charge is 2.49. The highest BCUT2D eigenvalue weighted by atomic mass is 32.1. The molecule has 1 aromatic rings. The fourth-order valence-electron chi connectivity index (χ4n) is 3.56. The quantitative estimate of drug-likeness (QED) is 0.903. The lowest BCUT2D eigenvalue weighted by atomic mass is 9.89. The lowest BCUT2D eigenvalue weighted by Crippen LogP contribution is -2.51. The monoisotopic (exact) mass is 296 g/mol. The average molecular weight is 296 g/mol. The zero-order valence-electron chi connectivity index (χ0n) is 12.8. The van der Waals surface area contributed by atoms with E-state index in [-0.39, 0.29) is 6.04 Å². The van der Waals surface area contributed by atoms with E-state index < -0.39 is 11.5 Å². The van der Waals surface area contributed by atoms with Crippen molar-refractivity contribution in [3.05, 3.63) is 15.6 Å². The summed E-state index contributed by atoms with van der Waals surface area (Å²) in [6, 6.07) is 0.131. The molecule has 0 aliphatic carbocycles. The predicted octanol–water partition coefficient (Wildman–Crippen LogP) is 3.54. The molecule has 1 fully saturated rings. The molecule has 0 aromatic carbocycles. The molecule has 0 bridgehead atoms. The van der Waals surface area contributed by atoms with Crippen LogP contribution in [0.5, 0.6) is 0 Å². The standard InChI is InChI=1S/C15H24N2O2S/c1-5-7-15(14(18)19)8-6-9-17(15)11(3)13-10(2)16-12(4)20-13/h11H,5-9H2,1-4H3,(H,18,19). The molecule has 1 aromatic heterocycles. The molecule has 0 amide bonds. The largest absolute Gasteiger partial charge is 0.480 e. The summed E-state index contributed by atoms with van der Waals surface area (Å²) in [5.74, 6) is -0.664. The third-order valence-electron chi connectivity index (χ3n) is 4.39. The van der Waals surface area contributed by atoms with Crippen LogP contribution in [-0.2, 0) is 4.79 Å². The smallest absolute Gasteiger partial charge is 0.324 e. The van der Waals surface area contributed by atoms with Gasteiger partial charge in [0.15, 0.2) is 0 Å². The van der Waals surface area contributed by atoms with Crippen molar-refractivity contribution in [2.45, 2.75) is 65.0 Å². The number of aryl methyl sites for hydroxylation is 2. The number of carboxylic acid groups (broad SMARTS) is 1. The van der Waals surface area contributed by atoms with Crippen LogP contribution >= 0.6 is 11.3 Å². The highest BCUT2D eigenvalue weighted by molar-refractivity contribution is 7.11. The van der Waals surface area contributed by atoms with Crippen LogP contribution in [0.3, 0.4) is 0 Å². The van der Waals surface area contributed by atoms with Gasteiger partial charge in [0, 0.05) is 10.9 Å². The van der Waals surface area contributed by atoms with Crippen LogP contribution in [0.2, 0.25) is 0 Å². The maximum absolute atomic E-state index is 11.9. The van der Waals surface area contributed by atoms with Crippen molar-refractivity contribution in [2.75, 3.05) is 6.54 Å². The summed E-state index contributed by atoms with van der Waals surface area (Å²) < 4.78 is 0. The Kier molecular flexibility index (Phi) is 4.49. The Labute approximate surface area is 124 Å².